The van der Waals surface area contributed by atoms with Gasteiger partial charge in [0.1, 0.15) is 10.5 Å². The lowest BCUT2D eigenvalue weighted by Crippen LogP contribution is -2.35. The molecule has 1 aromatic carbocycles. The van der Waals surface area contributed by atoms with Crippen molar-refractivity contribution >= 4 is 21.6 Å². The Morgan fingerprint density at radius 2 is 2.00 bits per heavy atom. The van der Waals surface area contributed by atoms with Crippen molar-refractivity contribution in [3.8, 4) is 5.88 Å². The van der Waals surface area contributed by atoms with Crippen LogP contribution in [-0.2, 0) is 42.1 Å². The van der Waals surface area contributed by atoms with E-state index in [2.05, 4.69) is 21.2 Å². The normalized spacial score (nSPS) is 20.2. The molecule has 3 N–H and O–H groups in total. The van der Waals surface area contributed by atoms with Gasteiger partial charge in [-0.3, -0.25) is 0 Å². The first kappa shape index (κ1) is 17.5. The first-order valence-electron chi connectivity index (χ1n) is 9.52. The summed E-state index contributed by atoms with van der Waals surface area (Å²) in [6, 6.07) is 1.62. The lowest BCUT2D eigenvalue weighted by Gasteiger charge is -2.26. The summed E-state index contributed by atoms with van der Waals surface area (Å²) in [6.45, 7) is 4.29. The van der Waals surface area contributed by atoms with Gasteiger partial charge in [-0.15, -0.1) is 0 Å². The molecular formula is C19H23N5O3S. The Bertz CT molecular complexity index is 1120. The van der Waals surface area contributed by atoms with Crippen LogP contribution in [0, 0.1) is 4.78 Å². The quantitative estimate of drug-likeness (QED) is 0.735. The number of urea groups is 1. The fourth-order valence-electron chi connectivity index (χ4n) is 4.34. The summed E-state index contributed by atoms with van der Waals surface area (Å²) in [5, 5.41) is 7.04. The molecule has 9 heteroatoms. The fraction of sp³-hybridized carbons (Fsp3) is 0.474. The number of carbonyl (C=O) groups is 1. The summed E-state index contributed by atoms with van der Waals surface area (Å²) in [4.78, 5) is 12.7. The Morgan fingerprint density at radius 1 is 1.25 bits per heavy atom. The van der Waals surface area contributed by atoms with Crippen LogP contribution in [0.2, 0.25) is 0 Å². The third-order valence-corrected chi connectivity index (χ3v) is 7.06. The highest BCUT2D eigenvalue weighted by atomic mass is 32.2. The first-order valence-corrected chi connectivity index (χ1v) is 11.1. The van der Waals surface area contributed by atoms with E-state index in [1.54, 1.807) is 4.68 Å². The van der Waals surface area contributed by atoms with Crippen molar-refractivity contribution in [2.75, 3.05) is 5.32 Å². The largest absolute Gasteiger partial charge is 0.469 e. The van der Waals surface area contributed by atoms with E-state index in [9.17, 15) is 9.00 Å². The fourth-order valence-corrected chi connectivity index (χ4v) is 5.35. The number of hydrogen-bond donors (Lipinski definition) is 3. The molecule has 1 aromatic heterocycles. The van der Waals surface area contributed by atoms with Crippen molar-refractivity contribution in [3.05, 3.63) is 34.5 Å². The molecule has 0 saturated carbocycles. The number of aryl methyl sites for hydroxylation is 2. The van der Waals surface area contributed by atoms with Gasteiger partial charge in [0.2, 0.25) is 5.88 Å². The van der Waals surface area contributed by atoms with Crippen LogP contribution in [0.3, 0.4) is 0 Å². The minimum absolute atomic E-state index is 0.0968. The van der Waals surface area contributed by atoms with Crippen molar-refractivity contribution in [2.45, 2.75) is 63.0 Å². The average molecular weight is 401 g/mol. The van der Waals surface area contributed by atoms with Crippen molar-refractivity contribution < 1.29 is 13.7 Å². The van der Waals surface area contributed by atoms with Gasteiger partial charge in [-0.1, -0.05) is 6.07 Å². The maximum Gasteiger partial charge on any atom is 0.331 e. The number of fused-ring (bicyclic) bond motifs is 3. The van der Waals surface area contributed by atoms with Gasteiger partial charge >= 0.3 is 6.03 Å². The van der Waals surface area contributed by atoms with Gasteiger partial charge in [0, 0.05) is 5.69 Å². The van der Waals surface area contributed by atoms with Crippen LogP contribution >= 0.6 is 0 Å². The van der Waals surface area contributed by atoms with Crippen molar-refractivity contribution in [1.29, 1.82) is 4.78 Å². The molecule has 2 aromatic rings. The van der Waals surface area contributed by atoms with E-state index in [-0.39, 0.29) is 10.8 Å². The predicted molar refractivity (Wildman–Crippen MR) is 104 cm³/mol. The maximum atomic E-state index is 13.0. The molecule has 2 heterocycles. The van der Waals surface area contributed by atoms with Crippen LogP contribution in [0.1, 0.15) is 42.5 Å². The van der Waals surface area contributed by atoms with E-state index < -0.39 is 21.5 Å². The number of ether oxygens (including phenoxy) is 1. The molecule has 2 aliphatic carbocycles. The third kappa shape index (κ3) is 2.68. The topological polar surface area (TPSA) is 109 Å². The molecule has 28 heavy (non-hydrogen) atoms. The summed E-state index contributed by atoms with van der Waals surface area (Å²) in [6.07, 6.45) is 6.36. The number of hydrogen-bond acceptors (Lipinski definition) is 5. The van der Waals surface area contributed by atoms with Gasteiger partial charge in [-0.2, -0.15) is 5.10 Å². The molecule has 2 amide bonds. The molecule has 3 aliphatic rings. The minimum atomic E-state index is -3.60. The molecular weight excluding hydrogens is 378 g/mol. The standard InChI is InChI=1S/C19H23N5O3S/c1-19(2)10-24-17(27-19)15(9-21-24)28(20,26)23-18(25)22-16-13-5-3-4-11(13)8-12-6-7-14(12)16/h8-9H,3-7,10H2,1-2H3,(H3,20,22,23,25,26). The second-order valence-corrected chi connectivity index (χ2v) is 10.1. The first-order chi connectivity index (χ1) is 13.2. The molecule has 1 aliphatic heterocycles. The molecule has 8 nitrogen and oxygen atoms in total. The Balaban J connectivity index is 1.39. The number of carbonyl (C=O) groups excluding carboxylic acids is 1. The number of nitrogens with zero attached hydrogens (tertiary/aromatic N) is 2. The summed E-state index contributed by atoms with van der Waals surface area (Å²) in [5.74, 6) is 0.287. The predicted octanol–water partition coefficient (Wildman–Crippen LogP) is 2.78. The molecule has 148 valence electrons. The summed E-state index contributed by atoms with van der Waals surface area (Å²) < 4.78 is 30.9. The maximum absolute atomic E-state index is 13.0. The Kier molecular flexibility index (Phi) is 3.59. The summed E-state index contributed by atoms with van der Waals surface area (Å²) in [5.41, 5.74) is 5.30. The van der Waals surface area contributed by atoms with Gasteiger partial charge in [0.15, 0.2) is 9.92 Å². The van der Waals surface area contributed by atoms with Gasteiger partial charge in [0.05, 0.1) is 12.7 Å². The Morgan fingerprint density at radius 3 is 2.75 bits per heavy atom. The zero-order valence-electron chi connectivity index (χ0n) is 15.9. The molecule has 1 atom stereocenters. The van der Waals surface area contributed by atoms with E-state index in [4.69, 9.17) is 9.52 Å². The van der Waals surface area contributed by atoms with Gasteiger partial charge < -0.3 is 10.1 Å². The Labute approximate surface area is 163 Å². The number of aromatic nitrogens is 2. The van der Waals surface area contributed by atoms with Crippen molar-refractivity contribution in [1.82, 2.24) is 14.5 Å². The molecule has 5 rings (SSSR count). The highest BCUT2D eigenvalue weighted by Gasteiger charge is 2.36. The molecule has 0 fully saturated rings. The summed E-state index contributed by atoms with van der Waals surface area (Å²) >= 11 is 0. The molecule has 0 spiro atoms. The smallest absolute Gasteiger partial charge is 0.331 e. The van der Waals surface area contributed by atoms with Gasteiger partial charge in [-0.25, -0.2) is 23.2 Å². The highest BCUT2D eigenvalue weighted by molar-refractivity contribution is 7.91. The van der Waals surface area contributed by atoms with Crippen LogP contribution in [0.5, 0.6) is 5.88 Å². The third-order valence-electron chi connectivity index (χ3n) is 5.69. The molecule has 0 radical (unpaired) electrons. The lowest BCUT2D eigenvalue weighted by atomic mass is 9.83. The zero-order valence-corrected chi connectivity index (χ0v) is 16.7. The van der Waals surface area contributed by atoms with E-state index >= 15 is 0 Å². The highest BCUT2D eigenvalue weighted by Crippen LogP contribution is 2.40. The van der Waals surface area contributed by atoms with Crippen LogP contribution in [0.15, 0.2) is 17.2 Å². The number of benzene rings is 1. The number of amides is 2. The molecule has 1 unspecified atom stereocenters. The van der Waals surface area contributed by atoms with Gasteiger partial charge in [-0.05, 0) is 68.2 Å². The van der Waals surface area contributed by atoms with E-state index in [1.165, 1.54) is 28.5 Å². The SMILES string of the molecule is CC1(C)Cn2ncc(S(=N)(=O)NC(=O)Nc3c4c(cc5c3CC5)CCC4)c2O1. The number of anilines is 1. The van der Waals surface area contributed by atoms with Crippen LogP contribution in [0.4, 0.5) is 10.5 Å². The molecule has 0 bridgehead atoms. The zero-order chi connectivity index (χ0) is 19.7. The van der Waals surface area contributed by atoms with Crippen molar-refractivity contribution in [2.24, 2.45) is 0 Å². The van der Waals surface area contributed by atoms with E-state index in [0.29, 0.717) is 6.54 Å². The van der Waals surface area contributed by atoms with E-state index in [1.807, 2.05) is 13.8 Å². The summed E-state index contributed by atoms with van der Waals surface area (Å²) in [7, 11) is -3.60. The van der Waals surface area contributed by atoms with Crippen LogP contribution in [0.25, 0.3) is 0 Å². The lowest BCUT2D eigenvalue weighted by molar-refractivity contribution is 0.132. The second kappa shape index (κ2) is 5.73. The Hall–Kier alpha value is -2.55. The molecule has 0 saturated heterocycles. The number of rotatable bonds is 3. The second-order valence-electron chi connectivity index (χ2n) is 8.33. The van der Waals surface area contributed by atoms with Gasteiger partial charge in [0.25, 0.3) is 0 Å². The van der Waals surface area contributed by atoms with Crippen LogP contribution < -0.4 is 14.8 Å². The minimum Gasteiger partial charge on any atom is -0.469 e. The van der Waals surface area contributed by atoms with Crippen molar-refractivity contribution in [3.63, 3.8) is 0 Å². The van der Waals surface area contributed by atoms with Crippen LogP contribution in [-0.4, -0.2) is 25.6 Å². The monoisotopic (exact) mass is 401 g/mol. The number of nitrogens with one attached hydrogen (secondary N) is 3. The average Bonchev–Trinajstić information content (AvgIpc) is 3.22. The van der Waals surface area contributed by atoms with E-state index in [0.717, 1.165) is 37.8 Å².